The van der Waals surface area contributed by atoms with Gasteiger partial charge in [0.05, 0.1) is 6.04 Å². The molecule has 0 heterocycles. The highest BCUT2D eigenvalue weighted by molar-refractivity contribution is 14.1. The van der Waals surface area contributed by atoms with Gasteiger partial charge in [0.25, 0.3) is 0 Å². The van der Waals surface area contributed by atoms with Crippen molar-refractivity contribution in [2.24, 2.45) is 0 Å². The van der Waals surface area contributed by atoms with Crippen molar-refractivity contribution < 1.29 is 17.9 Å². The van der Waals surface area contributed by atoms with Gasteiger partial charge < -0.3 is 10.1 Å². The second-order valence-electron chi connectivity index (χ2n) is 4.39. The first-order valence-corrected chi connectivity index (χ1v) is 7.25. The molecule has 2 rings (SSSR count). The van der Waals surface area contributed by atoms with Crippen LogP contribution in [0, 0.1) is 3.57 Å². The lowest BCUT2D eigenvalue weighted by Crippen LogP contribution is -2.19. The van der Waals surface area contributed by atoms with E-state index in [2.05, 4.69) is 32.6 Å². The monoisotopic (exact) mass is 407 g/mol. The van der Waals surface area contributed by atoms with E-state index in [1.165, 1.54) is 12.1 Å². The Bertz CT molecular complexity index is 599. The topological polar surface area (TPSA) is 21.3 Å². The molecule has 0 aliphatic heterocycles. The normalized spacial score (nSPS) is 13.0. The van der Waals surface area contributed by atoms with Crippen LogP contribution in [0.4, 0.5) is 13.2 Å². The lowest BCUT2D eigenvalue weighted by Gasteiger charge is -2.18. The quantitative estimate of drug-likeness (QED) is 0.754. The third-order valence-electron chi connectivity index (χ3n) is 2.92. The Kier molecular flexibility index (Phi) is 5.10. The fraction of sp³-hybridized carbons (Fsp3) is 0.200. The number of nitrogens with one attached hydrogen (secondary N) is 1. The molecule has 1 unspecified atom stereocenters. The number of alkyl halides is 3. The second kappa shape index (κ2) is 6.65. The Morgan fingerprint density at radius 1 is 1.05 bits per heavy atom. The Hall–Kier alpha value is -1.28. The zero-order chi connectivity index (χ0) is 15.5. The molecule has 0 spiro atoms. The van der Waals surface area contributed by atoms with Gasteiger partial charge in [-0.1, -0.05) is 24.3 Å². The highest BCUT2D eigenvalue weighted by Crippen LogP contribution is 2.28. The van der Waals surface area contributed by atoms with E-state index in [-0.39, 0.29) is 11.8 Å². The van der Waals surface area contributed by atoms with Crippen LogP contribution >= 0.6 is 22.6 Å². The van der Waals surface area contributed by atoms with Gasteiger partial charge in [0.15, 0.2) is 0 Å². The summed E-state index contributed by atoms with van der Waals surface area (Å²) in [5.41, 5.74) is 1.68. The lowest BCUT2D eigenvalue weighted by atomic mass is 9.99. The van der Waals surface area contributed by atoms with E-state index in [1.807, 2.05) is 24.3 Å². The van der Waals surface area contributed by atoms with Crippen molar-refractivity contribution in [2.75, 3.05) is 7.05 Å². The number of ether oxygens (including phenoxy) is 1. The first kappa shape index (κ1) is 16.1. The van der Waals surface area contributed by atoms with Crippen LogP contribution in [0.25, 0.3) is 0 Å². The molecule has 21 heavy (non-hydrogen) atoms. The molecular weight excluding hydrogens is 394 g/mol. The first-order chi connectivity index (χ1) is 9.89. The Labute approximate surface area is 134 Å². The van der Waals surface area contributed by atoms with Crippen LogP contribution in [-0.2, 0) is 0 Å². The van der Waals surface area contributed by atoms with Crippen molar-refractivity contribution in [2.45, 2.75) is 12.4 Å². The third kappa shape index (κ3) is 4.60. The molecule has 112 valence electrons. The minimum atomic E-state index is -4.68. The van der Waals surface area contributed by atoms with Crippen LogP contribution in [0.2, 0.25) is 0 Å². The summed E-state index contributed by atoms with van der Waals surface area (Å²) in [6.07, 6.45) is -4.68. The first-order valence-electron chi connectivity index (χ1n) is 6.17. The lowest BCUT2D eigenvalue weighted by molar-refractivity contribution is -0.274. The van der Waals surface area contributed by atoms with Crippen molar-refractivity contribution in [3.05, 3.63) is 63.2 Å². The van der Waals surface area contributed by atoms with Crippen molar-refractivity contribution in [3.63, 3.8) is 0 Å². The smallest absolute Gasteiger partial charge is 0.406 e. The average Bonchev–Trinajstić information content (AvgIpc) is 2.40. The maximum atomic E-state index is 12.3. The van der Waals surface area contributed by atoms with E-state index < -0.39 is 6.36 Å². The van der Waals surface area contributed by atoms with E-state index in [0.29, 0.717) is 5.56 Å². The Morgan fingerprint density at radius 2 is 1.71 bits per heavy atom. The van der Waals surface area contributed by atoms with Gasteiger partial charge in [0.1, 0.15) is 5.75 Å². The maximum absolute atomic E-state index is 12.3. The molecule has 6 heteroatoms. The summed E-state index contributed by atoms with van der Waals surface area (Å²) in [7, 11) is 1.76. The molecule has 1 N–H and O–H groups in total. The molecule has 0 amide bonds. The summed E-state index contributed by atoms with van der Waals surface area (Å²) < 4.78 is 41.9. The number of rotatable bonds is 4. The summed E-state index contributed by atoms with van der Waals surface area (Å²) >= 11 is 2.20. The summed E-state index contributed by atoms with van der Waals surface area (Å²) in [5.74, 6) is -0.217. The summed E-state index contributed by atoms with van der Waals surface area (Å²) in [6.45, 7) is 0. The van der Waals surface area contributed by atoms with E-state index in [0.717, 1.165) is 9.13 Å². The zero-order valence-corrected chi connectivity index (χ0v) is 13.3. The SMILES string of the molecule is CNC(c1ccc(I)cc1)c1cccc(OC(F)(F)F)c1. The van der Waals surface area contributed by atoms with Gasteiger partial charge in [0, 0.05) is 3.57 Å². The highest BCUT2D eigenvalue weighted by Gasteiger charge is 2.31. The molecule has 0 saturated carbocycles. The highest BCUT2D eigenvalue weighted by atomic mass is 127. The number of hydrogen-bond donors (Lipinski definition) is 1. The van der Waals surface area contributed by atoms with Gasteiger partial charge in [-0.3, -0.25) is 0 Å². The fourth-order valence-electron chi connectivity index (χ4n) is 2.07. The van der Waals surface area contributed by atoms with E-state index >= 15 is 0 Å². The minimum absolute atomic E-state index is 0.196. The van der Waals surface area contributed by atoms with E-state index in [4.69, 9.17) is 0 Å². The van der Waals surface area contributed by atoms with Gasteiger partial charge in [0.2, 0.25) is 0 Å². The van der Waals surface area contributed by atoms with Crippen LogP contribution in [0.1, 0.15) is 17.2 Å². The fourth-order valence-corrected chi connectivity index (χ4v) is 2.43. The molecule has 0 aromatic heterocycles. The molecule has 1 atom stereocenters. The zero-order valence-electron chi connectivity index (χ0n) is 11.1. The molecule has 2 nitrogen and oxygen atoms in total. The maximum Gasteiger partial charge on any atom is 0.573 e. The third-order valence-corrected chi connectivity index (χ3v) is 3.64. The predicted octanol–water partition coefficient (Wildman–Crippen LogP) is 4.50. The van der Waals surface area contributed by atoms with Gasteiger partial charge in [-0.2, -0.15) is 0 Å². The molecule has 2 aromatic rings. The van der Waals surface area contributed by atoms with Crippen molar-refractivity contribution >= 4 is 22.6 Å². The van der Waals surface area contributed by atoms with Gasteiger partial charge in [-0.15, -0.1) is 13.2 Å². The van der Waals surface area contributed by atoms with Crippen LogP contribution < -0.4 is 10.1 Å². The standard InChI is InChI=1S/C15H13F3INO/c1-20-14(10-5-7-12(19)8-6-10)11-3-2-4-13(9-11)21-15(16,17)18/h2-9,14,20H,1H3. The van der Waals surface area contributed by atoms with E-state index in [1.54, 1.807) is 19.2 Å². The molecule has 0 aliphatic rings. The molecule has 0 saturated heterocycles. The summed E-state index contributed by atoms with van der Waals surface area (Å²) in [5, 5.41) is 3.10. The largest absolute Gasteiger partial charge is 0.573 e. The predicted molar refractivity (Wildman–Crippen MR) is 83.2 cm³/mol. The molecule has 0 aliphatic carbocycles. The summed E-state index contributed by atoms with van der Waals surface area (Å²) in [4.78, 5) is 0. The molecule has 2 aromatic carbocycles. The van der Waals surface area contributed by atoms with Gasteiger partial charge >= 0.3 is 6.36 Å². The van der Waals surface area contributed by atoms with Crippen molar-refractivity contribution in [1.29, 1.82) is 0 Å². The van der Waals surface area contributed by atoms with Crippen LogP contribution in [0.15, 0.2) is 48.5 Å². The molecular formula is C15H13F3INO. The van der Waals surface area contributed by atoms with Gasteiger partial charge in [-0.05, 0) is 65.0 Å². The van der Waals surface area contributed by atoms with Crippen LogP contribution in [0.5, 0.6) is 5.75 Å². The number of benzene rings is 2. The molecule has 0 bridgehead atoms. The van der Waals surface area contributed by atoms with Crippen molar-refractivity contribution in [3.8, 4) is 5.75 Å². The van der Waals surface area contributed by atoms with Gasteiger partial charge in [-0.25, -0.2) is 0 Å². The van der Waals surface area contributed by atoms with Crippen molar-refractivity contribution in [1.82, 2.24) is 5.32 Å². The molecule has 0 fully saturated rings. The Morgan fingerprint density at radius 3 is 2.29 bits per heavy atom. The van der Waals surface area contributed by atoms with E-state index in [9.17, 15) is 13.2 Å². The average molecular weight is 407 g/mol. The Balaban J connectivity index is 2.30. The summed E-state index contributed by atoms with van der Waals surface area (Å²) in [6, 6.07) is 13.6. The minimum Gasteiger partial charge on any atom is -0.406 e. The van der Waals surface area contributed by atoms with Crippen LogP contribution in [-0.4, -0.2) is 13.4 Å². The van der Waals surface area contributed by atoms with Crippen LogP contribution in [0.3, 0.4) is 0 Å². The number of halogens is 4. The number of hydrogen-bond acceptors (Lipinski definition) is 2. The second-order valence-corrected chi connectivity index (χ2v) is 5.64. The molecule has 0 radical (unpaired) electrons.